The number of benzene rings is 1. The molecule has 7 atom stereocenters. The molecular formula is C23H30N6O8PS+. The summed E-state index contributed by atoms with van der Waals surface area (Å²) in [5, 5.41) is 21.8. The fraction of sp³-hybridized carbons (Fsp3) is 0.478. The summed E-state index contributed by atoms with van der Waals surface area (Å²) in [6.07, 6.45) is -2.73. The quantitative estimate of drug-likeness (QED) is 0.187. The molecule has 0 amide bonds. The predicted molar refractivity (Wildman–Crippen MR) is 142 cm³/mol. The molecule has 39 heavy (non-hydrogen) atoms. The maximum absolute atomic E-state index is 12.5. The number of carbonyl (C=O) groups is 1. The van der Waals surface area contributed by atoms with Crippen LogP contribution in [0.15, 0.2) is 36.7 Å². The van der Waals surface area contributed by atoms with Crippen LogP contribution in [0.1, 0.15) is 31.7 Å². The number of rotatable bonds is 11. The number of nitrogens with zero attached hydrogens (tertiary/aromatic N) is 4. The average Bonchev–Trinajstić information content (AvgIpc) is 3.43. The van der Waals surface area contributed by atoms with Gasteiger partial charge < -0.3 is 35.9 Å². The van der Waals surface area contributed by atoms with Crippen molar-refractivity contribution < 1.29 is 38.3 Å². The van der Waals surface area contributed by atoms with Crippen LogP contribution in [-0.2, 0) is 23.4 Å². The van der Waals surface area contributed by atoms with Crippen LogP contribution in [0, 0.1) is 0 Å². The first kappa shape index (κ1) is 29.1. The molecule has 6 N–H and O–H groups in total. The standard InChI is InChI=1S/C23H30N6O8PS/c1-12(13-7-5-4-6-8-13)36-20(31)14(24)10-39-38(33)35-9-15-17(30)23(2,32)21(37-15)29-11-26-16-18(29)27-22(25)28-19(16)34-3/h4-8,11-12,14-15,17,21,30,32H,9-10,24H2,1-3H3,(H2,25,27,28)/q+1. The number of hydrogen-bond acceptors (Lipinski definition) is 14. The van der Waals surface area contributed by atoms with Gasteiger partial charge in [0.15, 0.2) is 28.8 Å². The largest absolute Gasteiger partial charge is 0.585 e. The topological polar surface area (TPSA) is 207 Å². The zero-order chi connectivity index (χ0) is 28.3. The lowest BCUT2D eigenvalue weighted by Crippen LogP contribution is -2.44. The zero-order valence-corrected chi connectivity index (χ0v) is 23.1. The van der Waals surface area contributed by atoms with E-state index >= 15 is 0 Å². The van der Waals surface area contributed by atoms with Gasteiger partial charge in [-0.05, 0) is 24.0 Å². The molecule has 16 heteroatoms. The number of methoxy groups -OCH3 is 1. The van der Waals surface area contributed by atoms with Crippen molar-refractivity contribution in [1.29, 1.82) is 0 Å². The summed E-state index contributed by atoms with van der Waals surface area (Å²) in [5.41, 5.74) is 11.2. The number of aromatic nitrogens is 4. The Hall–Kier alpha value is -2.91. The molecule has 4 rings (SSSR count). The molecule has 0 spiro atoms. The summed E-state index contributed by atoms with van der Waals surface area (Å²) in [4.78, 5) is 24.6. The molecule has 0 saturated carbocycles. The number of nitrogens with two attached hydrogens (primary N) is 2. The van der Waals surface area contributed by atoms with E-state index in [9.17, 15) is 19.6 Å². The molecule has 3 heterocycles. The highest BCUT2D eigenvalue weighted by Crippen LogP contribution is 2.43. The Balaban J connectivity index is 1.32. The van der Waals surface area contributed by atoms with Gasteiger partial charge in [0, 0.05) is 0 Å². The summed E-state index contributed by atoms with van der Waals surface area (Å²) in [6, 6.07) is 8.17. The van der Waals surface area contributed by atoms with Gasteiger partial charge in [-0.15, -0.1) is 4.52 Å². The Bertz CT molecular complexity index is 1330. The molecule has 1 aliphatic rings. The summed E-state index contributed by atoms with van der Waals surface area (Å²) >= 11 is 0.828. The second-order valence-electron chi connectivity index (χ2n) is 9.02. The molecule has 210 valence electrons. The molecule has 1 fully saturated rings. The summed E-state index contributed by atoms with van der Waals surface area (Å²) in [6.45, 7) is 2.80. The molecule has 2 aromatic heterocycles. The van der Waals surface area contributed by atoms with Gasteiger partial charge >= 0.3 is 13.2 Å². The first-order valence-electron chi connectivity index (χ1n) is 11.9. The van der Waals surface area contributed by atoms with Crippen LogP contribution in [-0.4, -0.2) is 79.0 Å². The van der Waals surface area contributed by atoms with E-state index in [0.717, 1.165) is 16.9 Å². The Morgan fingerprint density at radius 1 is 1.33 bits per heavy atom. The van der Waals surface area contributed by atoms with Crippen LogP contribution >= 0.6 is 18.6 Å². The number of aliphatic hydroxyl groups excluding tert-OH is 1. The zero-order valence-electron chi connectivity index (χ0n) is 21.4. The van der Waals surface area contributed by atoms with E-state index in [2.05, 4.69) is 15.0 Å². The number of carbonyl (C=O) groups excluding carboxylic acids is 1. The minimum absolute atomic E-state index is 0.0199. The first-order chi connectivity index (χ1) is 18.5. The fourth-order valence-corrected chi connectivity index (χ4v) is 6.05. The molecule has 0 aliphatic carbocycles. The van der Waals surface area contributed by atoms with Gasteiger partial charge in [-0.2, -0.15) is 9.97 Å². The highest BCUT2D eigenvalue weighted by atomic mass is 32.7. The van der Waals surface area contributed by atoms with Crippen molar-refractivity contribution in [1.82, 2.24) is 19.5 Å². The molecule has 1 saturated heterocycles. The van der Waals surface area contributed by atoms with E-state index in [0.29, 0.717) is 0 Å². The summed E-state index contributed by atoms with van der Waals surface area (Å²) in [5.74, 6) is -0.595. The van der Waals surface area contributed by atoms with Crippen molar-refractivity contribution in [3.63, 3.8) is 0 Å². The average molecular weight is 582 g/mol. The van der Waals surface area contributed by atoms with Crippen LogP contribution in [0.4, 0.5) is 5.95 Å². The third kappa shape index (κ3) is 6.30. The smallest absolute Gasteiger partial charge is 0.479 e. The predicted octanol–water partition coefficient (Wildman–Crippen LogP) is 1.47. The van der Waals surface area contributed by atoms with Gasteiger partial charge in [-0.25, -0.2) is 4.98 Å². The number of nitrogen functional groups attached to an aromatic ring is 1. The maximum Gasteiger partial charge on any atom is 0.585 e. The molecule has 0 radical (unpaired) electrons. The van der Waals surface area contributed by atoms with Crippen LogP contribution in [0.5, 0.6) is 5.88 Å². The van der Waals surface area contributed by atoms with Gasteiger partial charge in [0.25, 0.3) is 0 Å². The Morgan fingerprint density at radius 3 is 2.74 bits per heavy atom. The lowest BCUT2D eigenvalue weighted by molar-refractivity contribution is -0.149. The van der Waals surface area contributed by atoms with E-state index in [1.54, 1.807) is 6.92 Å². The van der Waals surface area contributed by atoms with Crippen molar-refractivity contribution in [3.05, 3.63) is 42.2 Å². The SMILES string of the molecule is COc1nc(N)nc2c1ncn2C1OC(CO[P+](=O)SCC(N)C(=O)OC(C)c2ccccc2)C(O)C1(C)O. The second kappa shape index (κ2) is 12.1. The lowest BCUT2D eigenvalue weighted by atomic mass is 9.96. The minimum atomic E-state index is -2.33. The molecule has 1 aromatic carbocycles. The maximum atomic E-state index is 12.5. The van der Waals surface area contributed by atoms with E-state index in [1.165, 1.54) is 24.9 Å². The van der Waals surface area contributed by atoms with Gasteiger partial charge in [-0.1, -0.05) is 30.3 Å². The summed E-state index contributed by atoms with van der Waals surface area (Å²) < 4.78 is 35.6. The highest BCUT2D eigenvalue weighted by Gasteiger charge is 2.54. The normalized spacial score (nSPS) is 24.9. The molecular weight excluding hydrogens is 551 g/mol. The Kier molecular flexibility index (Phi) is 9.01. The molecule has 14 nitrogen and oxygen atoms in total. The lowest BCUT2D eigenvalue weighted by Gasteiger charge is -2.27. The number of fused-ring (bicyclic) bond motifs is 1. The number of anilines is 1. The van der Waals surface area contributed by atoms with Gasteiger partial charge in [0.2, 0.25) is 11.8 Å². The molecule has 0 bridgehead atoms. The number of imidazole rings is 1. The number of ether oxygens (including phenoxy) is 3. The van der Waals surface area contributed by atoms with E-state index in [4.69, 9.17) is 30.2 Å². The van der Waals surface area contributed by atoms with Crippen molar-refractivity contribution in [2.24, 2.45) is 5.73 Å². The van der Waals surface area contributed by atoms with Crippen molar-refractivity contribution in [3.8, 4) is 5.88 Å². The minimum Gasteiger partial charge on any atom is -0.479 e. The van der Waals surface area contributed by atoms with Gasteiger partial charge in [0.1, 0.15) is 36.6 Å². The number of esters is 1. The Labute approximate surface area is 228 Å². The molecule has 3 aromatic rings. The van der Waals surface area contributed by atoms with Gasteiger partial charge in [0.05, 0.1) is 19.2 Å². The Morgan fingerprint density at radius 2 is 2.05 bits per heavy atom. The van der Waals surface area contributed by atoms with Crippen LogP contribution in [0.2, 0.25) is 0 Å². The number of aliphatic hydroxyl groups is 2. The molecule has 1 aliphatic heterocycles. The summed E-state index contributed by atoms with van der Waals surface area (Å²) in [7, 11) is -0.931. The monoisotopic (exact) mass is 581 g/mol. The van der Waals surface area contributed by atoms with Crippen molar-refractivity contribution in [2.75, 3.05) is 25.2 Å². The van der Waals surface area contributed by atoms with Crippen molar-refractivity contribution >= 4 is 41.7 Å². The van der Waals surface area contributed by atoms with Crippen LogP contribution in [0.25, 0.3) is 11.2 Å². The second-order valence-corrected chi connectivity index (χ2v) is 12.0. The number of hydrogen-bond donors (Lipinski definition) is 4. The van der Waals surface area contributed by atoms with E-state index < -0.39 is 49.4 Å². The van der Waals surface area contributed by atoms with E-state index in [1.807, 2.05) is 30.3 Å². The first-order valence-corrected chi connectivity index (χ1v) is 14.6. The third-order valence-corrected chi connectivity index (χ3v) is 8.65. The van der Waals surface area contributed by atoms with Gasteiger partial charge in [-0.3, -0.25) is 9.36 Å². The highest BCUT2D eigenvalue weighted by molar-refractivity contribution is 8.50. The third-order valence-electron chi connectivity index (χ3n) is 6.18. The molecule has 7 unspecified atom stereocenters. The fourth-order valence-electron chi connectivity index (χ4n) is 4.03. The van der Waals surface area contributed by atoms with E-state index in [-0.39, 0.29) is 35.4 Å². The van der Waals surface area contributed by atoms with Crippen LogP contribution < -0.4 is 16.2 Å². The van der Waals surface area contributed by atoms with Crippen molar-refractivity contribution in [2.45, 2.75) is 50.0 Å². The van der Waals surface area contributed by atoms with Crippen LogP contribution in [0.3, 0.4) is 0 Å².